The molecule has 1 aliphatic heterocycles. The van der Waals surface area contributed by atoms with Crippen LogP contribution in [-0.2, 0) is 9.47 Å². The van der Waals surface area contributed by atoms with Gasteiger partial charge >= 0.3 is 5.97 Å². The first-order valence-corrected chi connectivity index (χ1v) is 9.83. The van der Waals surface area contributed by atoms with Crippen molar-refractivity contribution in [3.05, 3.63) is 16.8 Å². The van der Waals surface area contributed by atoms with Gasteiger partial charge < -0.3 is 19.7 Å². The van der Waals surface area contributed by atoms with E-state index in [-0.39, 0.29) is 11.5 Å². The molecule has 2 N–H and O–H groups in total. The van der Waals surface area contributed by atoms with Crippen molar-refractivity contribution in [1.29, 1.82) is 0 Å². The number of anilines is 1. The number of morpholine rings is 1. The number of aryl methyl sites for hydroxylation is 1. The Kier molecular flexibility index (Phi) is 5.74. The van der Waals surface area contributed by atoms with Crippen molar-refractivity contribution in [2.75, 3.05) is 44.8 Å². The molecule has 8 heteroatoms. The maximum atomic E-state index is 12.2. The Hall–Kier alpha value is -1.77. The largest absolute Gasteiger partial charge is 0.462 e. The number of carbonyl (C=O) groups is 1. The number of carbonyl (C=O) groups excluding carboxylic acids is 1. The summed E-state index contributed by atoms with van der Waals surface area (Å²) in [4.78, 5) is 23.9. The predicted octanol–water partition coefficient (Wildman–Crippen LogP) is 1.28. The number of esters is 1. The van der Waals surface area contributed by atoms with Gasteiger partial charge in [0.15, 0.2) is 0 Å². The van der Waals surface area contributed by atoms with Gasteiger partial charge in [0.25, 0.3) is 0 Å². The third-order valence-electron chi connectivity index (χ3n) is 4.94. The zero-order valence-electron chi connectivity index (χ0n) is 15.8. The van der Waals surface area contributed by atoms with Crippen molar-refractivity contribution >= 4 is 33.3 Å². The fraction of sp³-hybridized carbons (Fsp3) is 0.611. The van der Waals surface area contributed by atoms with E-state index in [1.807, 2.05) is 13.8 Å². The van der Waals surface area contributed by atoms with Gasteiger partial charge in [0, 0.05) is 0 Å². The molecule has 2 aromatic rings. The van der Waals surface area contributed by atoms with Gasteiger partial charge in [0.1, 0.15) is 40.5 Å². The molecule has 3 heterocycles. The molecule has 26 heavy (non-hydrogen) atoms. The Balaban J connectivity index is 1.82. The molecule has 0 aliphatic carbocycles. The van der Waals surface area contributed by atoms with Crippen LogP contribution in [-0.4, -0.2) is 60.9 Å². The van der Waals surface area contributed by atoms with Crippen LogP contribution in [0, 0.1) is 6.92 Å². The lowest BCUT2D eigenvalue weighted by Gasteiger charge is -2.37. The van der Waals surface area contributed by atoms with E-state index in [1.165, 1.54) is 16.2 Å². The van der Waals surface area contributed by atoms with Crippen molar-refractivity contribution in [1.82, 2.24) is 9.97 Å². The highest BCUT2D eigenvalue weighted by Gasteiger charge is 2.32. The van der Waals surface area contributed by atoms with Crippen molar-refractivity contribution in [2.24, 2.45) is 0 Å². The fourth-order valence-electron chi connectivity index (χ4n) is 3.32. The number of hydrogen-bond donors (Lipinski definition) is 2. The van der Waals surface area contributed by atoms with Crippen LogP contribution in [0.5, 0.6) is 0 Å². The van der Waals surface area contributed by atoms with E-state index in [2.05, 4.69) is 29.1 Å². The summed E-state index contributed by atoms with van der Waals surface area (Å²) in [5.41, 5.74) is 0.928. The van der Waals surface area contributed by atoms with Gasteiger partial charge in [-0.05, 0) is 33.3 Å². The molecule has 0 unspecified atom stereocenters. The molecular weight excluding hydrogens is 352 g/mol. The average molecular weight is 380 g/mol. The zero-order valence-corrected chi connectivity index (χ0v) is 16.7. The molecule has 3 rings (SSSR count). The molecule has 7 nitrogen and oxygen atoms in total. The maximum absolute atomic E-state index is 12.2. The SMILES string of the molecule is CCOC(=O)c1sc2ncnc(NCC(C)(C)[NH+]3CCOCC3)c2c1C. The lowest BCUT2D eigenvalue weighted by Crippen LogP contribution is -3.21. The molecule has 0 saturated carbocycles. The average Bonchev–Trinajstić information content (AvgIpc) is 2.98. The summed E-state index contributed by atoms with van der Waals surface area (Å²) in [6.45, 7) is 13.0. The van der Waals surface area contributed by atoms with Gasteiger partial charge in [0.05, 0.1) is 31.8 Å². The number of quaternary nitrogens is 1. The number of ether oxygens (including phenoxy) is 2. The lowest BCUT2D eigenvalue weighted by molar-refractivity contribution is -0.953. The van der Waals surface area contributed by atoms with Gasteiger partial charge in [-0.15, -0.1) is 11.3 Å². The summed E-state index contributed by atoms with van der Waals surface area (Å²) in [6.07, 6.45) is 1.55. The van der Waals surface area contributed by atoms with Gasteiger partial charge in [-0.25, -0.2) is 14.8 Å². The van der Waals surface area contributed by atoms with Crippen LogP contribution in [0.1, 0.15) is 36.0 Å². The molecule has 0 spiro atoms. The third-order valence-corrected chi connectivity index (χ3v) is 6.12. The first-order valence-electron chi connectivity index (χ1n) is 9.02. The minimum Gasteiger partial charge on any atom is -0.462 e. The first-order chi connectivity index (χ1) is 12.4. The summed E-state index contributed by atoms with van der Waals surface area (Å²) < 4.78 is 10.6. The zero-order chi connectivity index (χ0) is 18.7. The summed E-state index contributed by atoms with van der Waals surface area (Å²) in [7, 11) is 0. The third kappa shape index (κ3) is 3.82. The second-order valence-electron chi connectivity index (χ2n) is 7.13. The maximum Gasteiger partial charge on any atom is 0.348 e. The van der Waals surface area contributed by atoms with E-state index < -0.39 is 0 Å². The molecule has 1 fully saturated rings. The standard InChI is InChI=1S/C18H26N4O3S/c1-5-25-17(23)14-12(2)13-15(20-11-21-16(13)26-14)19-10-18(3,4)22-6-8-24-9-7-22/h11H,5-10H2,1-4H3,(H,19,20,21)/p+1. The second-order valence-corrected chi connectivity index (χ2v) is 8.13. The highest BCUT2D eigenvalue weighted by molar-refractivity contribution is 7.20. The number of fused-ring (bicyclic) bond motifs is 1. The number of thiophene rings is 1. The quantitative estimate of drug-likeness (QED) is 0.737. The Morgan fingerprint density at radius 1 is 1.38 bits per heavy atom. The fourth-order valence-corrected chi connectivity index (χ4v) is 4.36. The molecule has 2 aromatic heterocycles. The van der Waals surface area contributed by atoms with Crippen molar-refractivity contribution in [2.45, 2.75) is 33.2 Å². The second kappa shape index (κ2) is 7.85. The van der Waals surface area contributed by atoms with Gasteiger partial charge in [-0.3, -0.25) is 0 Å². The van der Waals surface area contributed by atoms with Crippen LogP contribution in [0.25, 0.3) is 10.2 Å². The van der Waals surface area contributed by atoms with Crippen molar-refractivity contribution in [3.8, 4) is 0 Å². The van der Waals surface area contributed by atoms with Gasteiger partial charge in [-0.2, -0.15) is 0 Å². The van der Waals surface area contributed by atoms with E-state index in [9.17, 15) is 4.79 Å². The monoisotopic (exact) mass is 379 g/mol. The molecule has 0 atom stereocenters. The van der Waals surface area contributed by atoms with E-state index in [0.29, 0.717) is 11.5 Å². The van der Waals surface area contributed by atoms with Crippen LogP contribution in [0.3, 0.4) is 0 Å². The normalized spacial score (nSPS) is 16.0. The number of aromatic nitrogens is 2. The first kappa shape index (κ1) is 19.0. The Morgan fingerprint density at radius 2 is 2.12 bits per heavy atom. The molecule has 1 aliphatic rings. The minimum atomic E-state index is -0.294. The van der Waals surface area contributed by atoms with E-state index in [4.69, 9.17) is 9.47 Å². The Morgan fingerprint density at radius 3 is 2.81 bits per heavy atom. The van der Waals surface area contributed by atoms with Crippen molar-refractivity contribution < 1.29 is 19.2 Å². The van der Waals surface area contributed by atoms with Crippen LogP contribution < -0.4 is 10.2 Å². The number of rotatable bonds is 6. The van der Waals surface area contributed by atoms with E-state index in [0.717, 1.165) is 54.4 Å². The molecule has 1 saturated heterocycles. The number of hydrogen-bond acceptors (Lipinski definition) is 7. The highest BCUT2D eigenvalue weighted by atomic mass is 32.1. The summed E-state index contributed by atoms with van der Waals surface area (Å²) in [5.74, 6) is 0.483. The highest BCUT2D eigenvalue weighted by Crippen LogP contribution is 2.33. The smallest absolute Gasteiger partial charge is 0.348 e. The van der Waals surface area contributed by atoms with Gasteiger partial charge in [0.2, 0.25) is 0 Å². The van der Waals surface area contributed by atoms with Crippen LogP contribution in [0.4, 0.5) is 5.82 Å². The van der Waals surface area contributed by atoms with Gasteiger partial charge in [-0.1, -0.05) is 0 Å². The number of nitrogens with zero attached hydrogens (tertiary/aromatic N) is 2. The molecule has 142 valence electrons. The minimum absolute atomic E-state index is 0.0505. The molecule has 0 amide bonds. The Labute approximate surface area is 157 Å². The molecular formula is C18H27N4O3S+. The summed E-state index contributed by atoms with van der Waals surface area (Å²) in [5, 5.41) is 4.40. The molecule has 0 aromatic carbocycles. The van der Waals surface area contributed by atoms with Crippen LogP contribution in [0.15, 0.2) is 6.33 Å². The molecule has 0 radical (unpaired) electrons. The van der Waals surface area contributed by atoms with Crippen LogP contribution >= 0.6 is 11.3 Å². The summed E-state index contributed by atoms with van der Waals surface area (Å²) >= 11 is 1.36. The topological polar surface area (TPSA) is 77.8 Å². The lowest BCUT2D eigenvalue weighted by atomic mass is 10.0. The number of nitrogens with one attached hydrogen (secondary N) is 2. The Bertz CT molecular complexity index is 784. The molecule has 0 bridgehead atoms. The van der Waals surface area contributed by atoms with E-state index >= 15 is 0 Å². The van der Waals surface area contributed by atoms with Crippen molar-refractivity contribution in [3.63, 3.8) is 0 Å². The van der Waals surface area contributed by atoms with E-state index in [1.54, 1.807) is 6.33 Å². The summed E-state index contributed by atoms with van der Waals surface area (Å²) in [6, 6.07) is 0. The van der Waals surface area contributed by atoms with Crippen LogP contribution in [0.2, 0.25) is 0 Å². The predicted molar refractivity (Wildman–Crippen MR) is 102 cm³/mol.